The molecule has 30 heavy (non-hydrogen) atoms. The van der Waals surface area contributed by atoms with Crippen LogP contribution in [0.4, 0.5) is 0 Å². The minimum Gasteiger partial charge on any atom is -0.454 e. The molecule has 0 radical (unpaired) electrons. The Bertz CT molecular complexity index is 1230. The summed E-state index contributed by atoms with van der Waals surface area (Å²) in [7, 11) is 0. The number of fused-ring (bicyclic) bond motifs is 2. The number of ketones is 3. The fraction of sp³-hybridized carbons (Fsp3) is 0.0435. The van der Waals surface area contributed by atoms with Gasteiger partial charge in [0.05, 0.1) is 16.1 Å². The maximum absolute atomic E-state index is 12.9. The highest BCUT2D eigenvalue weighted by molar-refractivity contribution is 6.41. The van der Waals surface area contributed by atoms with Crippen molar-refractivity contribution in [2.24, 2.45) is 0 Å². The summed E-state index contributed by atoms with van der Waals surface area (Å²) < 4.78 is 5.08. The topological polar surface area (TPSA) is 77.5 Å². The van der Waals surface area contributed by atoms with E-state index in [2.05, 4.69) is 0 Å². The highest BCUT2D eigenvalue weighted by Crippen LogP contribution is 2.34. The van der Waals surface area contributed by atoms with Crippen LogP contribution in [0.2, 0.25) is 10.0 Å². The average molecular weight is 439 g/mol. The van der Waals surface area contributed by atoms with Crippen molar-refractivity contribution >= 4 is 46.5 Å². The molecule has 7 heteroatoms. The molecule has 4 rings (SSSR count). The van der Waals surface area contributed by atoms with Gasteiger partial charge in [-0.25, -0.2) is 4.79 Å². The summed E-state index contributed by atoms with van der Waals surface area (Å²) in [6.45, 7) is -0.510. The van der Waals surface area contributed by atoms with Crippen LogP contribution in [0, 0.1) is 0 Å². The van der Waals surface area contributed by atoms with Crippen LogP contribution >= 0.6 is 23.2 Å². The van der Waals surface area contributed by atoms with Gasteiger partial charge in [0.15, 0.2) is 24.0 Å². The Hall–Kier alpha value is -3.28. The van der Waals surface area contributed by atoms with Gasteiger partial charge in [-0.1, -0.05) is 47.5 Å². The first-order valence-electron chi connectivity index (χ1n) is 8.85. The minimum atomic E-state index is -0.871. The van der Waals surface area contributed by atoms with Crippen molar-refractivity contribution in [1.82, 2.24) is 0 Å². The molecule has 0 N–H and O–H groups in total. The Labute approximate surface area is 181 Å². The smallest absolute Gasteiger partial charge is 0.340 e. The van der Waals surface area contributed by atoms with E-state index in [-0.39, 0.29) is 38.6 Å². The van der Waals surface area contributed by atoms with Crippen LogP contribution < -0.4 is 0 Å². The summed E-state index contributed by atoms with van der Waals surface area (Å²) in [6.07, 6.45) is 0. The number of benzene rings is 3. The first-order valence-corrected chi connectivity index (χ1v) is 9.61. The van der Waals surface area contributed by atoms with Crippen LogP contribution in [0.3, 0.4) is 0 Å². The number of rotatable bonds is 4. The van der Waals surface area contributed by atoms with E-state index in [4.69, 9.17) is 27.9 Å². The number of esters is 1. The van der Waals surface area contributed by atoms with E-state index in [1.807, 2.05) is 0 Å². The van der Waals surface area contributed by atoms with Gasteiger partial charge in [0, 0.05) is 27.3 Å². The Morgan fingerprint density at radius 1 is 0.767 bits per heavy atom. The van der Waals surface area contributed by atoms with Crippen molar-refractivity contribution in [3.05, 3.63) is 104 Å². The van der Waals surface area contributed by atoms with E-state index in [1.165, 1.54) is 30.3 Å². The van der Waals surface area contributed by atoms with Gasteiger partial charge in [0.1, 0.15) is 0 Å². The molecule has 0 unspecified atom stereocenters. The van der Waals surface area contributed by atoms with Crippen molar-refractivity contribution in [1.29, 1.82) is 0 Å². The molecule has 0 amide bonds. The number of hydrogen-bond donors (Lipinski definition) is 0. The minimum absolute atomic E-state index is 0.0427. The second kappa shape index (κ2) is 7.86. The number of carbonyl (C=O) groups excluding carboxylic acids is 4. The van der Waals surface area contributed by atoms with Crippen molar-refractivity contribution in [3.63, 3.8) is 0 Å². The van der Waals surface area contributed by atoms with Gasteiger partial charge in [-0.2, -0.15) is 0 Å². The number of halogens is 2. The van der Waals surface area contributed by atoms with Gasteiger partial charge in [-0.3, -0.25) is 14.4 Å². The lowest BCUT2D eigenvalue weighted by Crippen LogP contribution is -2.23. The van der Waals surface area contributed by atoms with Crippen molar-refractivity contribution < 1.29 is 23.9 Å². The molecule has 0 aromatic heterocycles. The van der Waals surface area contributed by atoms with Crippen LogP contribution in [0.25, 0.3) is 0 Å². The van der Waals surface area contributed by atoms with Gasteiger partial charge >= 0.3 is 5.97 Å². The molecule has 148 valence electrons. The molecule has 1 aliphatic rings. The molecule has 3 aromatic rings. The highest BCUT2D eigenvalue weighted by atomic mass is 35.5. The van der Waals surface area contributed by atoms with E-state index in [0.717, 1.165) is 0 Å². The zero-order valence-electron chi connectivity index (χ0n) is 15.3. The van der Waals surface area contributed by atoms with Crippen LogP contribution in [0.1, 0.15) is 52.6 Å². The van der Waals surface area contributed by atoms with Gasteiger partial charge in [0.2, 0.25) is 0 Å². The van der Waals surface area contributed by atoms with E-state index in [9.17, 15) is 19.2 Å². The SMILES string of the molecule is O=C(COC(=O)c1ccc2c(c1Cl)C(=O)c1ccccc1C2=O)c1ccc(Cl)cc1. The van der Waals surface area contributed by atoms with Crippen LogP contribution in [0.15, 0.2) is 60.7 Å². The van der Waals surface area contributed by atoms with Crippen LogP contribution in [-0.4, -0.2) is 29.9 Å². The summed E-state index contributed by atoms with van der Waals surface area (Å²) in [4.78, 5) is 50.3. The first-order chi connectivity index (χ1) is 14.4. The van der Waals surface area contributed by atoms with E-state index in [1.54, 1.807) is 30.3 Å². The highest BCUT2D eigenvalue weighted by Gasteiger charge is 2.33. The molecule has 0 fully saturated rings. The number of ether oxygens (including phenoxy) is 1. The summed E-state index contributed by atoms with van der Waals surface area (Å²) in [5.41, 5.74) is 0.826. The standard InChI is InChI=1S/C23H12Cl2O5/c24-13-7-5-12(6-8-13)18(26)11-30-23(29)17-10-9-16-19(20(17)25)22(28)15-4-2-1-3-14(15)21(16)27/h1-10H,11H2. The monoisotopic (exact) mass is 438 g/mol. The van der Waals surface area contributed by atoms with E-state index in [0.29, 0.717) is 10.6 Å². The third-order valence-corrected chi connectivity index (χ3v) is 5.39. The molecule has 0 atom stereocenters. The Morgan fingerprint density at radius 3 is 2.07 bits per heavy atom. The molecule has 5 nitrogen and oxygen atoms in total. The summed E-state index contributed by atoms with van der Waals surface area (Å²) in [5, 5.41) is 0.300. The molecular weight excluding hydrogens is 427 g/mol. The van der Waals surface area contributed by atoms with Crippen molar-refractivity contribution in [2.75, 3.05) is 6.61 Å². The molecular formula is C23H12Cl2O5. The van der Waals surface area contributed by atoms with Gasteiger partial charge in [0.25, 0.3) is 0 Å². The number of Topliss-reactive ketones (excluding diaryl/α,β-unsaturated/α-hetero) is 1. The third kappa shape index (κ3) is 3.43. The Morgan fingerprint density at radius 2 is 1.40 bits per heavy atom. The fourth-order valence-electron chi connectivity index (χ4n) is 3.23. The predicted molar refractivity (Wildman–Crippen MR) is 111 cm³/mol. The zero-order chi connectivity index (χ0) is 21.4. The van der Waals surface area contributed by atoms with Crippen LogP contribution in [0.5, 0.6) is 0 Å². The number of carbonyl (C=O) groups is 4. The first kappa shape index (κ1) is 20.0. The van der Waals surface area contributed by atoms with E-state index < -0.39 is 24.1 Å². The third-order valence-electron chi connectivity index (χ3n) is 4.75. The average Bonchev–Trinajstić information content (AvgIpc) is 2.76. The Kier molecular flexibility index (Phi) is 5.24. The molecule has 1 aliphatic carbocycles. The lowest BCUT2D eigenvalue weighted by Gasteiger charge is -2.19. The number of hydrogen-bond acceptors (Lipinski definition) is 5. The summed E-state index contributed by atoms with van der Waals surface area (Å²) in [5.74, 6) is -2.09. The quantitative estimate of drug-likeness (QED) is 0.337. The molecule has 3 aromatic carbocycles. The summed E-state index contributed by atoms with van der Waals surface area (Å²) in [6, 6.07) is 15.2. The molecule has 0 saturated carbocycles. The second-order valence-corrected chi connectivity index (χ2v) is 7.37. The predicted octanol–water partition coefficient (Wildman–Crippen LogP) is 4.81. The van der Waals surface area contributed by atoms with E-state index >= 15 is 0 Å². The lowest BCUT2D eigenvalue weighted by molar-refractivity contribution is 0.0475. The zero-order valence-corrected chi connectivity index (χ0v) is 16.8. The molecule has 0 aliphatic heterocycles. The van der Waals surface area contributed by atoms with Crippen LogP contribution in [-0.2, 0) is 4.74 Å². The molecule has 0 saturated heterocycles. The van der Waals surface area contributed by atoms with Gasteiger partial charge in [-0.05, 0) is 36.4 Å². The summed E-state index contributed by atoms with van der Waals surface area (Å²) >= 11 is 12.1. The largest absolute Gasteiger partial charge is 0.454 e. The molecule has 0 spiro atoms. The lowest BCUT2D eigenvalue weighted by atomic mass is 9.83. The van der Waals surface area contributed by atoms with Crippen molar-refractivity contribution in [2.45, 2.75) is 0 Å². The Balaban J connectivity index is 1.59. The van der Waals surface area contributed by atoms with Gasteiger partial charge in [-0.15, -0.1) is 0 Å². The second-order valence-electron chi connectivity index (χ2n) is 6.56. The fourth-order valence-corrected chi connectivity index (χ4v) is 3.69. The molecule has 0 heterocycles. The van der Waals surface area contributed by atoms with Crippen molar-refractivity contribution in [3.8, 4) is 0 Å². The normalized spacial score (nSPS) is 12.2. The maximum atomic E-state index is 12.9. The molecule has 0 bridgehead atoms. The maximum Gasteiger partial charge on any atom is 0.340 e. The van der Waals surface area contributed by atoms with Gasteiger partial charge < -0.3 is 4.74 Å².